The summed E-state index contributed by atoms with van der Waals surface area (Å²) in [5.41, 5.74) is 0. The summed E-state index contributed by atoms with van der Waals surface area (Å²) in [7, 11) is 3.56. The Kier molecular flexibility index (Phi) is 9.65. The number of nitrogens with zero attached hydrogens (tertiary/aromatic N) is 1. The molecule has 4 nitrogen and oxygen atoms in total. The molecule has 0 saturated carbocycles. The number of likely N-dealkylation sites (N-methyl/N-ethyl adjacent to an activating group) is 2. The van der Waals surface area contributed by atoms with Gasteiger partial charge in [-0.3, -0.25) is 4.79 Å². The van der Waals surface area contributed by atoms with Gasteiger partial charge in [0.25, 0.3) is 0 Å². The molecule has 0 unspecified atom stereocenters. The molecule has 1 rings (SSSR count). The Hall–Kier alpha value is -1.40. The number of rotatable bonds is 8. The summed E-state index contributed by atoms with van der Waals surface area (Å²) in [4.78, 5) is 13.3. The van der Waals surface area contributed by atoms with Gasteiger partial charge in [0.2, 0.25) is 5.91 Å². The van der Waals surface area contributed by atoms with Gasteiger partial charge in [0.1, 0.15) is 5.82 Å². The molecule has 0 fully saturated rings. The normalized spacial score (nSPS) is 9.90. The highest BCUT2D eigenvalue weighted by atomic mass is 35.5. The topological polar surface area (TPSA) is 41.6 Å². The number of ether oxygens (including phenoxy) is 1. The molecule has 0 bridgehead atoms. The molecule has 0 aliphatic heterocycles. The standard InChI is InChI=1S/C14H20F2N2O2.ClH/c1-17-7-8-18(2)14(19)4-3-9-20-13-6-5-11(15)10-12(13)16;/h5-6,10,17H,3-4,7-9H2,1-2H3;1H. The van der Waals surface area contributed by atoms with E-state index in [1.54, 1.807) is 11.9 Å². The van der Waals surface area contributed by atoms with E-state index in [9.17, 15) is 13.6 Å². The Labute approximate surface area is 129 Å². The lowest BCUT2D eigenvalue weighted by atomic mass is 10.3. The van der Waals surface area contributed by atoms with E-state index in [0.717, 1.165) is 18.7 Å². The number of nitrogens with one attached hydrogen (secondary N) is 1. The zero-order valence-corrected chi connectivity index (χ0v) is 13.0. The number of amides is 1. The number of halogens is 3. The summed E-state index contributed by atoms with van der Waals surface area (Å²) < 4.78 is 31.1. The molecular weight excluding hydrogens is 302 g/mol. The van der Waals surface area contributed by atoms with Crippen molar-refractivity contribution in [3.05, 3.63) is 29.8 Å². The average Bonchev–Trinajstić information content (AvgIpc) is 2.42. The fourth-order valence-corrected chi connectivity index (χ4v) is 1.59. The predicted octanol–water partition coefficient (Wildman–Crippen LogP) is 2.22. The first-order chi connectivity index (χ1) is 9.54. The molecule has 1 N–H and O–H groups in total. The van der Waals surface area contributed by atoms with Crippen LogP contribution in [0.5, 0.6) is 5.75 Å². The summed E-state index contributed by atoms with van der Waals surface area (Å²) in [6, 6.07) is 3.15. The number of hydrogen-bond acceptors (Lipinski definition) is 3. The lowest BCUT2D eigenvalue weighted by Gasteiger charge is -2.16. The van der Waals surface area contributed by atoms with E-state index >= 15 is 0 Å². The van der Waals surface area contributed by atoms with Crippen LogP contribution in [0.4, 0.5) is 8.78 Å². The van der Waals surface area contributed by atoms with Gasteiger partial charge < -0.3 is 15.0 Å². The predicted molar refractivity (Wildman–Crippen MR) is 79.9 cm³/mol. The van der Waals surface area contributed by atoms with Gasteiger partial charge in [-0.15, -0.1) is 12.4 Å². The summed E-state index contributed by atoms with van der Waals surface area (Å²) >= 11 is 0. The third-order valence-corrected chi connectivity index (χ3v) is 2.81. The molecule has 21 heavy (non-hydrogen) atoms. The molecule has 0 heterocycles. The lowest BCUT2D eigenvalue weighted by Crippen LogP contribution is -2.32. The van der Waals surface area contributed by atoms with Crippen LogP contribution in [0.2, 0.25) is 0 Å². The number of carbonyl (C=O) groups excluding carboxylic acids is 1. The fraction of sp³-hybridized carbons (Fsp3) is 0.500. The van der Waals surface area contributed by atoms with Crippen molar-refractivity contribution in [3.8, 4) is 5.75 Å². The quantitative estimate of drug-likeness (QED) is 0.746. The minimum Gasteiger partial charge on any atom is -0.491 e. The van der Waals surface area contributed by atoms with Crippen LogP contribution < -0.4 is 10.1 Å². The molecule has 0 aliphatic carbocycles. The minimum absolute atomic E-state index is 0. The first-order valence-electron chi connectivity index (χ1n) is 6.51. The Balaban J connectivity index is 0.00000400. The third kappa shape index (κ3) is 7.24. The fourth-order valence-electron chi connectivity index (χ4n) is 1.59. The van der Waals surface area contributed by atoms with Gasteiger partial charge in [-0.1, -0.05) is 0 Å². The highest BCUT2D eigenvalue weighted by molar-refractivity contribution is 5.85. The zero-order chi connectivity index (χ0) is 15.0. The maximum atomic E-state index is 13.3. The second-order valence-electron chi connectivity index (χ2n) is 4.45. The van der Waals surface area contributed by atoms with Crippen LogP contribution in [0.3, 0.4) is 0 Å². The van der Waals surface area contributed by atoms with Gasteiger partial charge in [0.05, 0.1) is 6.61 Å². The first-order valence-corrected chi connectivity index (χ1v) is 6.51. The Bertz CT molecular complexity index is 447. The maximum absolute atomic E-state index is 13.3. The van der Waals surface area contributed by atoms with Gasteiger partial charge in [0, 0.05) is 32.6 Å². The smallest absolute Gasteiger partial charge is 0.222 e. The van der Waals surface area contributed by atoms with Gasteiger partial charge in [0.15, 0.2) is 11.6 Å². The molecule has 0 aromatic heterocycles. The summed E-state index contributed by atoms with van der Waals surface area (Å²) in [6.07, 6.45) is 0.822. The van der Waals surface area contributed by atoms with Crippen LogP contribution in [0.15, 0.2) is 18.2 Å². The van der Waals surface area contributed by atoms with Crippen molar-refractivity contribution in [2.24, 2.45) is 0 Å². The second-order valence-corrected chi connectivity index (χ2v) is 4.45. The highest BCUT2D eigenvalue weighted by Crippen LogP contribution is 2.17. The summed E-state index contributed by atoms with van der Waals surface area (Å²) in [5.74, 6) is -1.36. The first kappa shape index (κ1) is 19.6. The molecule has 1 aromatic rings. The van der Waals surface area contributed by atoms with E-state index in [-0.39, 0.29) is 30.7 Å². The highest BCUT2D eigenvalue weighted by Gasteiger charge is 2.08. The van der Waals surface area contributed by atoms with Crippen molar-refractivity contribution in [1.29, 1.82) is 0 Å². The van der Waals surface area contributed by atoms with Crippen molar-refractivity contribution < 1.29 is 18.3 Å². The molecule has 0 radical (unpaired) electrons. The summed E-state index contributed by atoms with van der Waals surface area (Å²) in [6.45, 7) is 1.59. The molecule has 0 aliphatic rings. The molecule has 0 saturated heterocycles. The van der Waals surface area contributed by atoms with Crippen LogP contribution in [0.25, 0.3) is 0 Å². The summed E-state index contributed by atoms with van der Waals surface area (Å²) in [5, 5.41) is 2.96. The van der Waals surface area contributed by atoms with E-state index in [2.05, 4.69) is 5.32 Å². The third-order valence-electron chi connectivity index (χ3n) is 2.81. The van der Waals surface area contributed by atoms with Crippen molar-refractivity contribution >= 4 is 18.3 Å². The van der Waals surface area contributed by atoms with Gasteiger partial charge in [-0.2, -0.15) is 0 Å². The largest absolute Gasteiger partial charge is 0.491 e. The number of benzene rings is 1. The van der Waals surface area contributed by atoms with E-state index in [1.165, 1.54) is 6.07 Å². The van der Waals surface area contributed by atoms with Crippen molar-refractivity contribution in [2.45, 2.75) is 12.8 Å². The van der Waals surface area contributed by atoms with Gasteiger partial charge in [-0.25, -0.2) is 8.78 Å². The maximum Gasteiger partial charge on any atom is 0.222 e. The number of carbonyl (C=O) groups is 1. The van der Waals surface area contributed by atoms with Crippen molar-refractivity contribution in [2.75, 3.05) is 33.8 Å². The molecule has 1 aromatic carbocycles. The minimum atomic E-state index is -0.734. The monoisotopic (exact) mass is 322 g/mol. The Morgan fingerprint density at radius 1 is 1.38 bits per heavy atom. The van der Waals surface area contributed by atoms with E-state index in [1.807, 2.05) is 7.05 Å². The molecule has 1 amide bonds. The van der Waals surface area contributed by atoms with Gasteiger partial charge in [-0.05, 0) is 25.6 Å². The van der Waals surface area contributed by atoms with Crippen LogP contribution >= 0.6 is 12.4 Å². The average molecular weight is 323 g/mol. The Morgan fingerprint density at radius 2 is 2.10 bits per heavy atom. The number of hydrogen-bond donors (Lipinski definition) is 1. The molecule has 0 spiro atoms. The van der Waals surface area contributed by atoms with Crippen LogP contribution in [0.1, 0.15) is 12.8 Å². The van der Waals surface area contributed by atoms with Crippen molar-refractivity contribution in [1.82, 2.24) is 10.2 Å². The molecule has 0 atom stereocenters. The van der Waals surface area contributed by atoms with Crippen LogP contribution in [-0.4, -0.2) is 44.6 Å². The van der Waals surface area contributed by atoms with E-state index < -0.39 is 11.6 Å². The van der Waals surface area contributed by atoms with Crippen LogP contribution in [-0.2, 0) is 4.79 Å². The zero-order valence-electron chi connectivity index (χ0n) is 12.2. The van der Waals surface area contributed by atoms with Crippen molar-refractivity contribution in [3.63, 3.8) is 0 Å². The molecular formula is C14H21ClF2N2O2. The van der Waals surface area contributed by atoms with E-state index in [0.29, 0.717) is 19.4 Å². The van der Waals surface area contributed by atoms with Crippen LogP contribution in [0, 0.1) is 11.6 Å². The van der Waals surface area contributed by atoms with Gasteiger partial charge >= 0.3 is 0 Å². The molecule has 7 heteroatoms. The second kappa shape index (κ2) is 10.3. The molecule has 120 valence electrons. The van der Waals surface area contributed by atoms with E-state index in [4.69, 9.17) is 4.74 Å². The SMILES string of the molecule is CNCCN(C)C(=O)CCCOc1ccc(F)cc1F.Cl. The Morgan fingerprint density at radius 3 is 2.71 bits per heavy atom. The lowest BCUT2D eigenvalue weighted by molar-refractivity contribution is -0.130.